The number of phenolic OH excluding ortho intramolecular Hbond substituents is 1. The van der Waals surface area contributed by atoms with E-state index < -0.39 is 0 Å². The van der Waals surface area contributed by atoms with Crippen molar-refractivity contribution >= 4 is 10.9 Å². The molecule has 1 aromatic heterocycles. The molecule has 0 bridgehead atoms. The van der Waals surface area contributed by atoms with E-state index in [9.17, 15) is 15.0 Å². The third kappa shape index (κ3) is 4.93. The van der Waals surface area contributed by atoms with Crippen LogP contribution < -0.4 is 10.3 Å². The molecule has 0 spiro atoms. The van der Waals surface area contributed by atoms with Gasteiger partial charge in [-0.1, -0.05) is 52.4 Å². The van der Waals surface area contributed by atoms with E-state index in [0.29, 0.717) is 24.1 Å². The minimum atomic E-state index is -0.326. The van der Waals surface area contributed by atoms with E-state index in [0.717, 1.165) is 51.4 Å². The third-order valence-corrected chi connectivity index (χ3v) is 4.66. The Morgan fingerprint density at radius 3 is 2.35 bits per heavy atom. The van der Waals surface area contributed by atoms with Gasteiger partial charge >= 0.3 is 0 Å². The fourth-order valence-corrected chi connectivity index (χ4v) is 3.15. The highest BCUT2D eigenvalue weighted by Crippen LogP contribution is 2.33. The minimum Gasteiger partial charge on any atom is -0.508 e. The van der Waals surface area contributed by atoms with Gasteiger partial charge < -0.3 is 19.5 Å². The normalized spacial score (nSPS) is 11.2. The molecule has 2 N–H and O–H groups in total. The van der Waals surface area contributed by atoms with E-state index in [-0.39, 0.29) is 22.8 Å². The molecule has 144 valence electrons. The first-order chi connectivity index (χ1) is 12.6. The Bertz CT molecular complexity index is 767. The molecule has 0 aliphatic carbocycles. The summed E-state index contributed by atoms with van der Waals surface area (Å²) in [5.41, 5.74) is 0.218. The molecule has 0 radical (unpaired) electrons. The first kappa shape index (κ1) is 20.1. The maximum atomic E-state index is 12.9. The number of pyridine rings is 1. The maximum Gasteiger partial charge on any atom is 0.297 e. The summed E-state index contributed by atoms with van der Waals surface area (Å²) < 4.78 is 7.29. The van der Waals surface area contributed by atoms with E-state index in [1.807, 2.05) is 0 Å². The Hall–Kier alpha value is -2.17. The van der Waals surface area contributed by atoms with Gasteiger partial charge in [-0.2, -0.15) is 0 Å². The Morgan fingerprint density at radius 2 is 1.65 bits per heavy atom. The molecule has 0 atom stereocenters. The molecule has 5 heteroatoms. The number of aromatic hydroxyl groups is 2. The fraction of sp³-hybridized carbons (Fsp3) is 0.571. The number of rotatable bonds is 11. The van der Waals surface area contributed by atoms with Gasteiger partial charge in [0.25, 0.3) is 5.56 Å². The van der Waals surface area contributed by atoms with Crippen LogP contribution in [0.2, 0.25) is 0 Å². The lowest BCUT2D eigenvalue weighted by molar-refractivity contribution is 0.284. The summed E-state index contributed by atoms with van der Waals surface area (Å²) in [6.45, 7) is 5.25. The van der Waals surface area contributed by atoms with Crippen molar-refractivity contribution in [3.8, 4) is 17.2 Å². The van der Waals surface area contributed by atoms with Gasteiger partial charge in [-0.3, -0.25) is 4.79 Å². The highest BCUT2D eigenvalue weighted by atomic mass is 16.5. The van der Waals surface area contributed by atoms with Crippen LogP contribution in [0.25, 0.3) is 10.9 Å². The zero-order chi connectivity index (χ0) is 18.9. The molecule has 2 rings (SSSR count). The number of phenols is 1. The average molecular weight is 361 g/mol. The van der Waals surface area contributed by atoms with Gasteiger partial charge in [0.1, 0.15) is 5.75 Å². The third-order valence-electron chi connectivity index (χ3n) is 4.66. The van der Waals surface area contributed by atoms with Crippen molar-refractivity contribution in [1.29, 1.82) is 0 Å². The first-order valence-electron chi connectivity index (χ1n) is 9.81. The Labute approximate surface area is 155 Å². The summed E-state index contributed by atoms with van der Waals surface area (Å²) in [5.74, 6) is -0.0349. The molecular weight excluding hydrogens is 330 g/mol. The SMILES string of the molecule is CCCCCCOc1c(O)c2ccc(O)cc2n(CCCCCC)c1=O. The molecule has 0 amide bonds. The molecule has 2 aromatic rings. The van der Waals surface area contributed by atoms with Gasteiger partial charge in [-0.25, -0.2) is 0 Å². The molecule has 5 nitrogen and oxygen atoms in total. The van der Waals surface area contributed by atoms with Crippen molar-refractivity contribution < 1.29 is 14.9 Å². The smallest absolute Gasteiger partial charge is 0.297 e. The first-order valence-corrected chi connectivity index (χ1v) is 9.81. The van der Waals surface area contributed by atoms with Crippen LogP contribution >= 0.6 is 0 Å². The van der Waals surface area contributed by atoms with Crippen LogP contribution in [-0.2, 0) is 6.54 Å². The highest BCUT2D eigenvalue weighted by Gasteiger charge is 2.18. The van der Waals surface area contributed by atoms with Crippen molar-refractivity contribution in [2.45, 2.75) is 71.8 Å². The van der Waals surface area contributed by atoms with Crippen LogP contribution in [0.15, 0.2) is 23.0 Å². The monoisotopic (exact) mass is 361 g/mol. The van der Waals surface area contributed by atoms with E-state index in [4.69, 9.17) is 4.74 Å². The van der Waals surface area contributed by atoms with Crippen molar-refractivity contribution in [2.24, 2.45) is 0 Å². The summed E-state index contributed by atoms with van der Waals surface area (Å²) >= 11 is 0. The molecule has 0 saturated heterocycles. The summed E-state index contributed by atoms with van der Waals surface area (Å²) in [7, 11) is 0. The predicted octanol–water partition coefficient (Wildman–Crippen LogP) is 4.95. The molecule has 26 heavy (non-hydrogen) atoms. The lowest BCUT2D eigenvalue weighted by atomic mass is 10.1. The second kappa shape index (κ2) is 10.1. The second-order valence-corrected chi connectivity index (χ2v) is 6.81. The number of hydrogen-bond acceptors (Lipinski definition) is 4. The van der Waals surface area contributed by atoms with Crippen LogP contribution in [0.5, 0.6) is 17.2 Å². The number of aromatic nitrogens is 1. The molecule has 0 aliphatic heterocycles. The molecule has 0 saturated carbocycles. The predicted molar refractivity (Wildman–Crippen MR) is 105 cm³/mol. The fourth-order valence-electron chi connectivity index (χ4n) is 3.15. The minimum absolute atomic E-state index is 0.0233. The Kier molecular flexibility index (Phi) is 7.82. The molecular formula is C21H31NO4. The van der Waals surface area contributed by atoms with Gasteiger partial charge in [0.05, 0.1) is 12.1 Å². The van der Waals surface area contributed by atoms with Gasteiger partial charge in [0.15, 0.2) is 5.75 Å². The van der Waals surface area contributed by atoms with E-state index in [1.165, 1.54) is 12.1 Å². The van der Waals surface area contributed by atoms with Crippen LogP contribution in [0.3, 0.4) is 0 Å². The Morgan fingerprint density at radius 1 is 0.962 bits per heavy atom. The van der Waals surface area contributed by atoms with E-state index in [2.05, 4.69) is 13.8 Å². The van der Waals surface area contributed by atoms with Crippen LogP contribution in [-0.4, -0.2) is 21.4 Å². The van der Waals surface area contributed by atoms with Gasteiger partial charge in [-0.05, 0) is 25.0 Å². The largest absolute Gasteiger partial charge is 0.508 e. The lowest BCUT2D eigenvalue weighted by Crippen LogP contribution is -2.23. The number of aryl methyl sites for hydroxylation is 1. The number of ether oxygens (including phenoxy) is 1. The van der Waals surface area contributed by atoms with Crippen molar-refractivity contribution in [3.63, 3.8) is 0 Å². The highest BCUT2D eigenvalue weighted by molar-refractivity contribution is 5.88. The van der Waals surface area contributed by atoms with Gasteiger partial charge in [0.2, 0.25) is 5.75 Å². The molecule has 1 aromatic carbocycles. The van der Waals surface area contributed by atoms with Crippen molar-refractivity contribution in [1.82, 2.24) is 4.57 Å². The number of benzene rings is 1. The molecule has 0 aliphatic rings. The quantitative estimate of drug-likeness (QED) is 0.555. The van der Waals surface area contributed by atoms with Crippen molar-refractivity contribution in [2.75, 3.05) is 6.61 Å². The summed E-state index contributed by atoms with van der Waals surface area (Å²) in [6, 6.07) is 4.67. The van der Waals surface area contributed by atoms with Gasteiger partial charge in [0, 0.05) is 18.0 Å². The maximum absolute atomic E-state index is 12.9. The van der Waals surface area contributed by atoms with Crippen LogP contribution in [0, 0.1) is 0 Å². The molecule has 0 unspecified atom stereocenters. The van der Waals surface area contributed by atoms with E-state index >= 15 is 0 Å². The van der Waals surface area contributed by atoms with E-state index in [1.54, 1.807) is 10.6 Å². The van der Waals surface area contributed by atoms with Gasteiger partial charge in [-0.15, -0.1) is 0 Å². The standard InChI is InChI=1S/C21H31NO4/c1-3-5-7-9-13-22-18-15-16(23)11-12-17(18)19(24)20(21(22)25)26-14-10-8-6-4-2/h11-12,15,23-24H,3-10,13-14H2,1-2H3. The van der Waals surface area contributed by atoms with Crippen LogP contribution in [0.1, 0.15) is 65.2 Å². The number of nitrogens with zero attached hydrogens (tertiary/aromatic N) is 1. The zero-order valence-electron chi connectivity index (χ0n) is 16.0. The molecule has 1 heterocycles. The topological polar surface area (TPSA) is 71.7 Å². The van der Waals surface area contributed by atoms with Crippen molar-refractivity contribution in [3.05, 3.63) is 28.6 Å². The summed E-state index contributed by atoms with van der Waals surface area (Å²) in [5, 5.41) is 20.9. The molecule has 0 fully saturated rings. The number of unbranched alkanes of at least 4 members (excludes halogenated alkanes) is 6. The number of hydrogen-bond donors (Lipinski definition) is 2. The summed E-state index contributed by atoms with van der Waals surface area (Å²) in [4.78, 5) is 12.9. The second-order valence-electron chi connectivity index (χ2n) is 6.81. The number of fused-ring (bicyclic) bond motifs is 1. The summed E-state index contributed by atoms with van der Waals surface area (Å²) in [6.07, 6.45) is 8.33. The van der Waals surface area contributed by atoms with Crippen LogP contribution in [0.4, 0.5) is 0 Å². The zero-order valence-corrected chi connectivity index (χ0v) is 16.0. The Balaban J connectivity index is 2.32. The lowest BCUT2D eigenvalue weighted by Gasteiger charge is -2.16. The average Bonchev–Trinajstić information content (AvgIpc) is 2.63.